The molecule has 1 aromatic heterocycles. The molecule has 3 rings (SSSR count). The quantitative estimate of drug-likeness (QED) is 0.638. The van der Waals surface area contributed by atoms with Crippen LogP contribution >= 0.6 is 11.8 Å². The zero-order valence-corrected chi connectivity index (χ0v) is 16.4. The molecule has 0 fully saturated rings. The van der Waals surface area contributed by atoms with Gasteiger partial charge >= 0.3 is 5.97 Å². The van der Waals surface area contributed by atoms with E-state index in [1.807, 2.05) is 50.2 Å². The number of esters is 1. The monoisotopic (exact) mass is 373 g/mol. The molecule has 0 saturated heterocycles. The molecule has 0 radical (unpaired) electrons. The number of carbonyl (C=O) groups is 1. The summed E-state index contributed by atoms with van der Waals surface area (Å²) in [5.41, 5.74) is 3.31. The molecule has 1 aromatic carbocycles. The largest absolute Gasteiger partial charge is 0.466 e. The number of allylic oxidation sites excluding steroid dienone is 1. The van der Waals surface area contributed by atoms with Gasteiger partial charge in [0.2, 0.25) is 11.1 Å². The van der Waals surface area contributed by atoms with Gasteiger partial charge in [-0.05, 0) is 30.4 Å². The van der Waals surface area contributed by atoms with Crippen molar-refractivity contribution in [3.8, 4) is 0 Å². The van der Waals surface area contributed by atoms with Crippen molar-refractivity contribution in [1.82, 2.24) is 14.8 Å². The fourth-order valence-electron chi connectivity index (χ4n) is 2.96. The van der Waals surface area contributed by atoms with E-state index in [9.17, 15) is 4.79 Å². The third-order valence-corrected chi connectivity index (χ3v) is 4.96. The summed E-state index contributed by atoms with van der Waals surface area (Å²) >= 11 is 1.56. The van der Waals surface area contributed by atoms with Crippen molar-refractivity contribution >= 4 is 29.4 Å². The second kappa shape index (κ2) is 7.41. The van der Waals surface area contributed by atoms with Crippen LogP contribution in [0.1, 0.15) is 25.5 Å². The zero-order valence-electron chi connectivity index (χ0n) is 15.6. The third kappa shape index (κ3) is 3.29. The number of fused-ring (bicyclic) bond motifs is 1. The number of carbonyl (C=O) groups excluding carboxylic acids is 1. The highest BCUT2D eigenvalue weighted by atomic mass is 32.2. The lowest BCUT2D eigenvalue weighted by molar-refractivity contribution is -0.136. The Morgan fingerprint density at radius 1 is 1.35 bits per heavy atom. The molecule has 2 aromatic rings. The smallest absolute Gasteiger partial charge is 0.338 e. The fourth-order valence-corrected chi connectivity index (χ4v) is 3.51. The van der Waals surface area contributed by atoms with Crippen LogP contribution in [-0.4, -0.2) is 47.7 Å². The van der Waals surface area contributed by atoms with Crippen molar-refractivity contribution in [2.24, 2.45) is 0 Å². The van der Waals surface area contributed by atoms with Gasteiger partial charge in [-0.1, -0.05) is 30.8 Å². The van der Waals surface area contributed by atoms with Gasteiger partial charge in [-0.2, -0.15) is 4.98 Å². The summed E-state index contributed by atoms with van der Waals surface area (Å²) in [6.07, 6.45) is 0. The number of hydrogen-bond donors (Lipinski definition) is 1. The van der Waals surface area contributed by atoms with E-state index in [0.717, 1.165) is 22.7 Å². The molecule has 1 atom stereocenters. The van der Waals surface area contributed by atoms with E-state index in [2.05, 4.69) is 22.3 Å². The summed E-state index contributed by atoms with van der Waals surface area (Å²) in [4.78, 5) is 19.1. The van der Waals surface area contributed by atoms with E-state index in [4.69, 9.17) is 4.74 Å². The molecule has 138 valence electrons. The lowest BCUT2D eigenvalue weighted by Crippen LogP contribution is -2.29. The summed E-state index contributed by atoms with van der Waals surface area (Å²) in [5, 5.41) is 8.47. The second-order valence-corrected chi connectivity index (χ2v) is 7.37. The molecular weight excluding hydrogens is 350 g/mol. The predicted molar refractivity (Wildman–Crippen MR) is 104 cm³/mol. The van der Waals surface area contributed by atoms with Gasteiger partial charge in [-0.3, -0.25) is 0 Å². The lowest BCUT2D eigenvalue weighted by atomic mass is 9.95. The van der Waals surface area contributed by atoms with E-state index in [1.165, 1.54) is 7.11 Å². The SMILES string of the molecule is CCSc1nc2n(n1)C(c1ccc(N(C)C)cc1)C(C(=O)OC)=C(C)N2. The highest BCUT2D eigenvalue weighted by Gasteiger charge is 2.34. The van der Waals surface area contributed by atoms with Gasteiger partial charge in [0.15, 0.2) is 0 Å². The average Bonchev–Trinajstić information content (AvgIpc) is 3.02. The third-order valence-electron chi connectivity index (χ3n) is 4.24. The van der Waals surface area contributed by atoms with Crippen molar-refractivity contribution in [1.29, 1.82) is 0 Å². The van der Waals surface area contributed by atoms with E-state index < -0.39 is 0 Å². The molecule has 1 unspecified atom stereocenters. The molecule has 1 aliphatic heterocycles. The van der Waals surface area contributed by atoms with Gasteiger partial charge < -0.3 is 15.0 Å². The first kappa shape index (κ1) is 18.3. The van der Waals surface area contributed by atoms with Crippen LogP contribution in [0.25, 0.3) is 0 Å². The number of aromatic nitrogens is 3. The Morgan fingerprint density at radius 3 is 2.62 bits per heavy atom. The number of anilines is 2. The maximum absolute atomic E-state index is 12.5. The average molecular weight is 373 g/mol. The molecule has 0 saturated carbocycles. The Morgan fingerprint density at radius 2 is 2.04 bits per heavy atom. The van der Waals surface area contributed by atoms with Gasteiger partial charge in [0, 0.05) is 25.5 Å². The van der Waals surface area contributed by atoms with Crippen LogP contribution in [0, 0.1) is 0 Å². The zero-order chi connectivity index (χ0) is 18.8. The molecule has 0 amide bonds. The number of rotatable bonds is 5. The Labute approximate surface area is 157 Å². The predicted octanol–water partition coefficient (Wildman–Crippen LogP) is 2.92. The van der Waals surface area contributed by atoms with Gasteiger partial charge in [0.05, 0.1) is 12.7 Å². The first-order valence-electron chi connectivity index (χ1n) is 8.39. The van der Waals surface area contributed by atoms with Crippen LogP contribution in [-0.2, 0) is 9.53 Å². The topological polar surface area (TPSA) is 72.3 Å². The first-order valence-corrected chi connectivity index (χ1v) is 9.37. The van der Waals surface area contributed by atoms with Gasteiger partial charge in [0.1, 0.15) is 6.04 Å². The number of nitrogens with zero attached hydrogens (tertiary/aromatic N) is 4. The van der Waals surface area contributed by atoms with E-state index in [0.29, 0.717) is 16.7 Å². The van der Waals surface area contributed by atoms with Crippen LogP contribution < -0.4 is 10.2 Å². The minimum atomic E-state index is -0.381. The lowest BCUT2D eigenvalue weighted by Gasteiger charge is -2.28. The minimum absolute atomic E-state index is 0.373. The summed E-state index contributed by atoms with van der Waals surface area (Å²) in [6.45, 7) is 3.91. The molecule has 0 aliphatic carbocycles. The Kier molecular flexibility index (Phi) is 5.22. The maximum Gasteiger partial charge on any atom is 0.338 e. The number of ether oxygens (including phenoxy) is 1. The van der Waals surface area contributed by atoms with E-state index >= 15 is 0 Å². The second-order valence-electron chi connectivity index (χ2n) is 6.14. The number of methoxy groups -OCH3 is 1. The standard InChI is InChI=1S/C18H23N5O2S/c1-6-26-18-20-17-19-11(2)14(16(24)25-5)15(23(17)21-18)12-7-9-13(10-8-12)22(3)4/h7-10,15H,6H2,1-5H3,(H,19,20,21). The summed E-state index contributed by atoms with van der Waals surface area (Å²) in [5.74, 6) is 1.14. The van der Waals surface area contributed by atoms with Crippen LogP contribution in [0.4, 0.5) is 11.6 Å². The molecule has 0 bridgehead atoms. The van der Waals surface area contributed by atoms with Crippen molar-refractivity contribution in [3.05, 3.63) is 41.1 Å². The van der Waals surface area contributed by atoms with E-state index in [-0.39, 0.29) is 12.0 Å². The number of nitrogens with one attached hydrogen (secondary N) is 1. The van der Waals surface area contributed by atoms with Crippen molar-refractivity contribution in [2.75, 3.05) is 37.2 Å². The molecule has 26 heavy (non-hydrogen) atoms. The molecule has 2 heterocycles. The van der Waals surface area contributed by atoms with Crippen LogP contribution in [0.15, 0.2) is 40.7 Å². The van der Waals surface area contributed by atoms with Crippen molar-refractivity contribution in [2.45, 2.75) is 25.0 Å². The first-order chi connectivity index (χ1) is 12.5. The number of benzene rings is 1. The van der Waals surface area contributed by atoms with Gasteiger partial charge in [0.25, 0.3) is 0 Å². The fraction of sp³-hybridized carbons (Fsp3) is 0.389. The van der Waals surface area contributed by atoms with E-state index in [1.54, 1.807) is 16.4 Å². The van der Waals surface area contributed by atoms with Crippen molar-refractivity contribution < 1.29 is 9.53 Å². The molecule has 7 nitrogen and oxygen atoms in total. The van der Waals surface area contributed by atoms with Crippen molar-refractivity contribution in [3.63, 3.8) is 0 Å². The number of hydrogen-bond acceptors (Lipinski definition) is 7. The van der Waals surface area contributed by atoms with Crippen LogP contribution in [0.2, 0.25) is 0 Å². The van der Waals surface area contributed by atoms with Gasteiger partial charge in [-0.25, -0.2) is 9.48 Å². The summed E-state index contributed by atoms with van der Waals surface area (Å²) in [6, 6.07) is 7.70. The Balaban J connectivity index is 2.12. The molecule has 1 aliphatic rings. The van der Waals surface area contributed by atoms with Crippen LogP contribution in [0.3, 0.4) is 0 Å². The Bertz CT molecular complexity index is 842. The highest BCUT2D eigenvalue weighted by molar-refractivity contribution is 7.99. The summed E-state index contributed by atoms with van der Waals surface area (Å²) in [7, 11) is 5.38. The minimum Gasteiger partial charge on any atom is -0.466 e. The van der Waals surface area contributed by atoms with Gasteiger partial charge in [-0.15, -0.1) is 5.10 Å². The normalized spacial score (nSPS) is 16.1. The molecular formula is C18H23N5O2S. The molecule has 1 N–H and O–H groups in total. The maximum atomic E-state index is 12.5. The van der Waals surface area contributed by atoms with Crippen LogP contribution in [0.5, 0.6) is 0 Å². The molecule has 8 heteroatoms. The Hall–Kier alpha value is -2.48. The molecule has 0 spiro atoms. The highest BCUT2D eigenvalue weighted by Crippen LogP contribution is 2.37. The number of thioether (sulfide) groups is 1. The summed E-state index contributed by atoms with van der Waals surface area (Å²) < 4.78 is 6.80.